The molecule has 2 unspecified atom stereocenters. The van der Waals surface area contributed by atoms with Gasteiger partial charge in [0, 0.05) is 6.42 Å². The van der Waals surface area contributed by atoms with E-state index in [1.807, 2.05) is 0 Å². The number of nitrogens with two attached hydrogens (primary N) is 2. The van der Waals surface area contributed by atoms with E-state index in [4.69, 9.17) is 16.2 Å². The molecule has 3 aromatic heterocycles. The highest BCUT2D eigenvalue weighted by Gasteiger charge is 2.46. The third-order valence-electron chi connectivity index (χ3n) is 4.92. The van der Waals surface area contributed by atoms with Crippen LogP contribution >= 0.6 is 0 Å². The van der Waals surface area contributed by atoms with Crippen LogP contribution in [0.5, 0.6) is 0 Å². The number of aliphatic hydroxyl groups is 2. The van der Waals surface area contributed by atoms with Crippen LogP contribution in [0.25, 0.3) is 11.2 Å². The fourth-order valence-corrected chi connectivity index (χ4v) is 4.96. The molecule has 29 heavy (non-hydrogen) atoms. The summed E-state index contributed by atoms with van der Waals surface area (Å²) >= 11 is 0. The molecular formula is C15H23N10O3S+. The molecule has 3 aromatic rings. The molecule has 4 rings (SSSR count). The zero-order valence-electron chi connectivity index (χ0n) is 15.7. The van der Waals surface area contributed by atoms with Crippen molar-refractivity contribution in [2.45, 2.75) is 37.0 Å². The molecule has 1 aliphatic rings. The van der Waals surface area contributed by atoms with E-state index < -0.39 is 24.5 Å². The molecule has 1 fully saturated rings. The minimum atomic E-state index is -1.12. The lowest BCUT2D eigenvalue weighted by atomic mass is 10.1. The van der Waals surface area contributed by atoms with E-state index >= 15 is 0 Å². The largest absolute Gasteiger partial charge is 0.387 e. The number of aromatic nitrogens is 8. The lowest BCUT2D eigenvalue weighted by Crippen LogP contribution is -2.36. The molecular weight excluding hydrogens is 400 g/mol. The molecule has 4 heterocycles. The van der Waals surface area contributed by atoms with E-state index in [1.165, 1.54) is 12.7 Å². The Morgan fingerprint density at radius 2 is 2.14 bits per heavy atom. The van der Waals surface area contributed by atoms with Crippen LogP contribution in [0.15, 0.2) is 12.7 Å². The summed E-state index contributed by atoms with van der Waals surface area (Å²) in [6.45, 7) is 0. The van der Waals surface area contributed by atoms with E-state index in [0.29, 0.717) is 29.2 Å². The zero-order valence-corrected chi connectivity index (χ0v) is 16.5. The summed E-state index contributed by atoms with van der Waals surface area (Å²) in [6.07, 6.45) is 2.06. The van der Waals surface area contributed by atoms with Gasteiger partial charge in [-0.25, -0.2) is 15.0 Å². The normalized spacial score (nSPS) is 26.8. The lowest BCUT2D eigenvalue weighted by molar-refractivity contribution is -0.0290. The lowest BCUT2D eigenvalue weighted by Gasteiger charge is -2.16. The summed E-state index contributed by atoms with van der Waals surface area (Å²) in [5, 5.41) is 34.7. The van der Waals surface area contributed by atoms with Gasteiger partial charge in [-0.3, -0.25) is 4.57 Å². The zero-order chi connectivity index (χ0) is 20.5. The van der Waals surface area contributed by atoms with Gasteiger partial charge in [-0.2, -0.15) is 5.21 Å². The van der Waals surface area contributed by atoms with Gasteiger partial charge in [0.1, 0.15) is 41.7 Å². The number of nitrogen functional groups attached to an aromatic ring is 1. The van der Waals surface area contributed by atoms with E-state index in [2.05, 4.69) is 41.8 Å². The molecule has 0 aliphatic carbocycles. The summed E-state index contributed by atoms with van der Waals surface area (Å²) in [4.78, 5) is 12.3. The second-order valence-corrected chi connectivity index (χ2v) is 9.25. The molecule has 0 aromatic carbocycles. The maximum atomic E-state index is 10.5. The molecule has 6 atom stereocenters. The van der Waals surface area contributed by atoms with Crippen molar-refractivity contribution >= 4 is 27.9 Å². The molecule has 1 aliphatic heterocycles. The second kappa shape index (κ2) is 8.16. The number of nitrogens with one attached hydrogen (secondary N) is 1. The van der Waals surface area contributed by atoms with Gasteiger partial charge in [0.25, 0.3) is 0 Å². The van der Waals surface area contributed by atoms with E-state index in [9.17, 15) is 10.2 Å². The van der Waals surface area contributed by atoms with Gasteiger partial charge in [-0.1, -0.05) is 5.21 Å². The van der Waals surface area contributed by atoms with Crippen molar-refractivity contribution in [1.82, 2.24) is 40.1 Å². The number of aromatic amines is 1. The number of imidazole rings is 1. The predicted molar refractivity (Wildman–Crippen MR) is 104 cm³/mol. The van der Waals surface area contributed by atoms with E-state index in [1.54, 1.807) is 4.57 Å². The van der Waals surface area contributed by atoms with Gasteiger partial charge in [-0.15, -0.1) is 10.2 Å². The molecule has 1 saturated heterocycles. The van der Waals surface area contributed by atoms with Crippen molar-refractivity contribution in [3.8, 4) is 0 Å². The highest BCUT2D eigenvalue weighted by Crippen LogP contribution is 2.32. The fraction of sp³-hybridized carbons (Fsp3) is 0.600. The standard InChI is InChI=1S/C15H23N10O3S/c1-29(3-2-7(16)13-21-23-24-22-13)4-8-10(26)11(27)15(28-8)25-6-20-9-12(17)18-5-19-14(9)25/h5-8,10-11,15,26-27H,2-4,16H2,1H3,(H2,17,18,19)(H,21,22,23,24)/q+1/t7-,8?,10+,11+,15+,29?/m0/s1. The number of hydrogen-bond donors (Lipinski definition) is 5. The minimum absolute atomic E-state index is 0.103. The van der Waals surface area contributed by atoms with E-state index in [-0.39, 0.29) is 22.8 Å². The van der Waals surface area contributed by atoms with Gasteiger partial charge in [-0.05, 0) is 10.9 Å². The van der Waals surface area contributed by atoms with Crippen molar-refractivity contribution in [3.63, 3.8) is 0 Å². The summed E-state index contributed by atoms with van der Waals surface area (Å²) in [5.74, 6) is 2.10. The van der Waals surface area contributed by atoms with Crippen LogP contribution < -0.4 is 11.5 Å². The topological polar surface area (TPSA) is 200 Å². The van der Waals surface area contributed by atoms with Crippen LogP contribution in [-0.2, 0) is 15.6 Å². The Bertz CT molecular complexity index is 953. The maximum Gasteiger partial charge on any atom is 0.191 e. The highest BCUT2D eigenvalue weighted by atomic mass is 32.2. The van der Waals surface area contributed by atoms with Crippen LogP contribution in [0, 0.1) is 0 Å². The number of tetrazole rings is 1. The molecule has 156 valence electrons. The monoisotopic (exact) mass is 423 g/mol. The fourth-order valence-electron chi connectivity index (χ4n) is 3.30. The SMILES string of the molecule is C[S+](CC[C@H](N)c1nn[nH]n1)CC1O[C@@H](n2cnc3c(N)ncnc32)[C@H](O)[C@@H]1O. The quantitative estimate of drug-likeness (QED) is 0.260. The number of fused-ring (bicyclic) bond motifs is 1. The van der Waals surface area contributed by atoms with Crippen molar-refractivity contribution in [2.75, 3.05) is 23.5 Å². The Balaban J connectivity index is 1.40. The van der Waals surface area contributed by atoms with Crippen molar-refractivity contribution in [1.29, 1.82) is 0 Å². The minimum Gasteiger partial charge on any atom is -0.387 e. The third kappa shape index (κ3) is 3.89. The Kier molecular flexibility index (Phi) is 5.60. The molecule has 7 N–H and O–H groups in total. The first-order valence-corrected chi connectivity index (χ1v) is 11.0. The third-order valence-corrected chi connectivity index (χ3v) is 6.75. The van der Waals surface area contributed by atoms with Gasteiger partial charge in [0.2, 0.25) is 0 Å². The first-order chi connectivity index (χ1) is 14.0. The van der Waals surface area contributed by atoms with Crippen LogP contribution in [0.2, 0.25) is 0 Å². The molecule has 0 radical (unpaired) electrons. The maximum absolute atomic E-state index is 10.5. The van der Waals surface area contributed by atoms with Crippen molar-refractivity contribution in [2.24, 2.45) is 5.73 Å². The first kappa shape index (κ1) is 19.9. The number of H-pyrrole nitrogens is 1. The number of anilines is 1. The Morgan fingerprint density at radius 1 is 1.31 bits per heavy atom. The Hall–Kier alpha value is -2.39. The van der Waals surface area contributed by atoms with Crippen LogP contribution in [0.4, 0.5) is 5.82 Å². The predicted octanol–water partition coefficient (Wildman–Crippen LogP) is -2.12. The second-order valence-electron chi connectivity index (χ2n) is 6.95. The molecule has 13 nitrogen and oxygen atoms in total. The summed E-state index contributed by atoms with van der Waals surface area (Å²) in [7, 11) is -0.103. The molecule has 0 amide bonds. The van der Waals surface area contributed by atoms with Crippen LogP contribution in [0.3, 0.4) is 0 Å². The molecule has 0 bridgehead atoms. The average Bonchev–Trinajstić information content (AvgIpc) is 3.43. The van der Waals surface area contributed by atoms with E-state index in [0.717, 1.165) is 5.75 Å². The molecule has 0 spiro atoms. The number of ether oxygens (including phenoxy) is 1. The smallest absolute Gasteiger partial charge is 0.191 e. The van der Waals surface area contributed by atoms with Gasteiger partial charge in [0.05, 0.1) is 18.6 Å². The van der Waals surface area contributed by atoms with Gasteiger partial charge in [0.15, 0.2) is 23.5 Å². The van der Waals surface area contributed by atoms with Crippen molar-refractivity contribution in [3.05, 3.63) is 18.5 Å². The molecule has 0 saturated carbocycles. The Labute approximate surface area is 168 Å². The number of hydrogen-bond acceptors (Lipinski definition) is 11. The van der Waals surface area contributed by atoms with Gasteiger partial charge < -0.3 is 26.4 Å². The van der Waals surface area contributed by atoms with Crippen LogP contribution in [0.1, 0.15) is 24.5 Å². The molecule has 14 heteroatoms. The van der Waals surface area contributed by atoms with Crippen molar-refractivity contribution < 1.29 is 14.9 Å². The highest BCUT2D eigenvalue weighted by molar-refractivity contribution is 7.96. The summed E-state index contributed by atoms with van der Waals surface area (Å²) in [5.41, 5.74) is 12.7. The van der Waals surface area contributed by atoms with Crippen LogP contribution in [-0.4, -0.2) is 86.4 Å². The number of aliphatic hydroxyl groups excluding tert-OH is 2. The number of rotatable bonds is 7. The first-order valence-electron chi connectivity index (χ1n) is 8.98. The van der Waals surface area contributed by atoms with Gasteiger partial charge >= 0.3 is 0 Å². The summed E-state index contributed by atoms with van der Waals surface area (Å²) in [6, 6.07) is -0.307. The summed E-state index contributed by atoms with van der Waals surface area (Å²) < 4.78 is 7.56. The Morgan fingerprint density at radius 3 is 2.90 bits per heavy atom. The average molecular weight is 423 g/mol. The number of nitrogens with zero attached hydrogens (tertiary/aromatic N) is 7.